The number of carboxylic acid groups (broad SMARTS) is 1. The number of pyridine rings is 1. The number of nitrogens with zero attached hydrogens (tertiary/aromatic N) is 1. The number of hydrogen-bond acceptors (Lipinski definition) is 4. The molecule has 2 aromatic rings. The molecule has 0 saturated carbocycles. The van der Waals surface area contributed by atoms with Crippen LogP contribution in [0.5, 0.6) is 0 Å². The van der Waals surface area contributed by atoms with Crippen molar-refractivity contribution in [3.63, 3.8) is 0 Å². The SMILES string of the molecule is O=C(O)C[C@@H](NC(=O)CCCCc1ccc2c(n1)NCCC2)c1cccc(C(F)(F)F)c1. The molecule has 1 aromatic carbocycles. The normalized spacial score (nSPS) is 14.2. The minimum absolute atomic E-state index is 0.112. The lowest BCUT2D eigenvalue weighted by Crippen LogP contribution is -2.30. The summed E-state index contributed by atoms with van der Waals surface area (Å²) < 4.78 is 38.9. The molecule has 1 aliphatic heterocycles. The van der Waals surface area contributed by atoms with Crippen LogP contribution in [-0.4, -0.2) is 28.5 Å². The summed E-state index contributed by atoms with van der Waals surface area (Å²) in [4.78, 5) is 28.1. The van der Waals surface area contributed by atoms with Crippen molar-refractivity contribution in [2.24, 2.45) is 0 Å². The van der Waals surface area contributed by atoms with Crippen molar-refractivity contribution in [2.75, 3.05) is 11.9 Å². The van der Waals surface area contributed by atoms with Gasteiger partial charge >= 0.3 is 12.1 Å². The van der Waals surface area contributed by atoms with Crippen LogP contribution in [0.4, 0.5) is 19.0 Å². The summed E-state index contributed by atoms with van der Waals surface area (Å²) >= 11 is 0. The Hall–Kier alpha value is -3.10. The van der Waals surface area contributed by atoms with E-state index in [4.69, 9.17) is 5.11 Å². The number of carbonyl (C=O) groups is 2. The zero-order valence-corrected chi connectivity index (χ0v) is 17.5. The zero-order valence-electron chi connectivity index (χ0n) is 17.5. The number of anilines is 1. The Morgan fingerprint density at radius 1 is 1.19 bits per heavy atom. The molecule has 172 valence electrons. The molecule has 0 fully saturated rings. The lowest BCUT2D eigenvalue weighted by Gasteiger charge is -2.19. The first-order chi connectivity index (χ1) is 15.2. The molecule has 1 aromatic heterocycles. The van der Waals surface area contributed by atoms with Gasteiger partial charge in [0.05, 0.1) is 18.0 Å². The van der Waals surface area contributed by atoms with Gasteiger partial charge in [-0.25, -0.2) is 4.98 Å². The molecule has 1 amide bonds. The van der Waals surface area contributed by atoms with Gasteiger partial charge in [-0.05, 0) is 61.4 Å². The second kappa shape index (κ2) is 10.5. The molecule has 2 heterocycles. The number of halogens is 3. The Kier molecular flexibility index (Phi) is 7.71. The molecule has 0 bridgehead atoms. The maximum Gasteiger partial charge on any atom is 0.416 e. The maximum atomic E-state index is 13.0. The number of nitrogens with one attached hydrogen (secondary N) is 2. The molecule has 1 aliphatic rings. The number of aryl methyl sites for hydroxylation is 2. The highest BCUT2D eigenvalue weighted by Gasteiger charge is 2.31. The predicted octanol–water partition coefficient (Wildman–Crippen LogP) is 4.50. The number of amides is 1. The number of carbonyl (C=O) groups excluding carboxylic acids is 1. The van der Waals surface area contributed by atoms with Crippen LogP contribution in [0.15, 0.2) is 36.4 Å². The van der Waals surface area contributed by atoms with Crippen molar-refractivity contribution in [1.82, 2.24) is 10.3 Å². The summed E-state index contributed by atoms with van der Waals surface area (Å²) in [5.41, 5.74) is 1.37. The van der Waals surface area contributed by atoms with Crippen LogP contribution < -0.4 is 10.6 Å². The number of fused-ring (bicyclic) bond motifs is 1. The third-order valence-electron chi connectivity index (χ3n) is 5.37. The van der Waals surface area contributed by atoms with Gasteiger partial charge in [0.1, 0.15) is 5.82 Å². The fourth-order valence-electron chi connectivity index (χ4n) is 3.72. The van der Waals surface area contributed by atoms with Crippen molar-refractivity contribution >= 4 is 17.7 Å². The van der Waals surface area contributed by atoms with Crippen LogP contribution in [0.25, 0.3) is 0 Å². The van der Waals surface area contributed by atoms with E-state index < -0.39 is 36.1 Å². The van der Waals surface area contributed by atoms with Crippen LogP contribution >= 0.6 is 0 Å². The van der Waals surface area contributed by atoms with Gasteiger partial charge < -0.3 is 15.7 Å². The van der Waals surface area contributed by atoms with Gasteiger partial charge in [0.25, 0.3) is 0 Å². The fourth-order valence-corrected chi connectivity index (χ4v) is 3.72. The van der Waals surface area contributed by atoms with E-state index in [1.807, 2.05) is 6.07 Å². The third kappa shape index (κ3) is 6.70. The molecular formula is C23H26F3N3O3. The highest BCUT2D eigenvalue weighted by Crippen LogP contribution is 2.31. The predicted molar refractivity (Wildman–Crippen MR) is 113 cm³/mol. The Balaban J connectivity index is 1.53. The topological polar surface area (TPSA) is 91.3 Å². The van der Waals surface area contributed by atoms with E-state index in [-0.39, 0.29) is 12.0 Å². The van der Waals surface area contributed by atoms with E-state index in [0.717, 1.165) is 43.0 Å². The number of aromatic nitrogens is 1. The molecule has 0 unspecified atom stereocenters. The smallest absolute Gasteiger partial charge is 0.416 e. The van der Waals surface area contributed by atoms with E-state index in [1.54, 1.807) is 0 Å². The minimum atomic E-state index is -4.55. The van der Waals surface area contributed by atoms with Crippen LogP contribution in [0, 0.1) is 0 Å². The Morgan fingerprint density at radius 2 is 2.00 bits per heavy atom. The summed E-state index contributed by atoms with van der Waals surface area (Å²) in [5, 5.41) is 15.0. The molecule has 0 aliphatic carbocycles. The van der Waals surface area contributed by atoms with Gasteiger partial charge in [-0.15, -0.1) is 0 Å². The summed E-state index contributed by atoms with van der Waals surface area (Å²) in [5.74, 6) is -0.683. The van der Waals surface area contributed by atoms with E-state index in [2.05, 4.69) is 21.7 Å². The molecule has 6 nitrogen and oxygen atoms in total. The molecule has 0 spiro atoms. The Bertz CT molecular complexity index is 963. The Labute approximate surface area is 184 Å². The van der Waals surface area contributed by atoms with Crippen molar-refractivity contribution in [3.05, 3.63) is 58.8 Å². The van der Waals surface area contributed by atoms with Gasteiger partial charge in [0.15, 0.2) is 0 Å². The molecule has 3 rings (SSSR count). The average Bonchev–Trinajstić information content (AvgIpc) is 2.75. The highest BCUT2D eigenvalue weighted by atomic mass is 19.4. The summed E-state index contributed by atoms with van der Waals surface area (Å²) in [6.07, 6.45) is -0.821. The summed E-state index contributed by atoms with van der Waals surface area (Å²) in [6, 6.07) is 7.41. The average molecular weight is 449 g/mol. The number of rotatable bonds is 9. The molecule has 32 heavy (non-hydrogen) atoms. The van der Waals surface area contributed by atoms with Gasteiger partial charge in [0, 0.05) is 18.7 Å². The standard InChI is InChI=1S/C23H26F3N3O3/c24-23(25,26)17-7-3-5-16(13-17)19(14-21(31)32)29-20(30)9-2-1-8-18-11-10-15-6-4-12-27-22(15)28-18/h3,5,7,10-11,13,19H,1-2,4,6,8-9,12,14H2,(H,27,28)(H,29,30)(H,31,32)/t19-/m1/s1. The summed E-state index contributed by atoms with van der Waals surface area (Å²) in [7, 11) is 0. The van der Waals surface area contributed by atoms with E-state index in [9.17, 15) is 22.8 Å². The molecule has 0 radical (unpaired) electrons. The highest BCUT2D eigenvalue weighted by molar-refractivity contribution is 5.77. The Morgan fingerprint density at radius 3 is 2.75 bits per heavy atom. The molecule has 1 atom stereocenters. The summed E-state index contributed by atoms with van der Waals surface area (Å²) in [6.45, 7) is 0.910. The third-order valence-corrected chi connectivity index (χ3v) is 5.37. The number of alkyl halides is 3. The second-order valence-electron chi connectivity index (χ2n) is 7.89. The maximum absolute atomic E-state index is 13.0. The number of aliphatic carboxylic acids is 1. The van der Waals surface area contributed by atoms with Crippen molar-refractivity contribution in [3.8, 4) is 0 Å². The lowest BCUT2D eigenvalue weighted by molar-refractivity contribution is -0.138. The van der Waals surface area contributed by atoms with E-state index in [1.165, 1.54) is 17.7 Å². The van der Waals surface area contributed by atoms with Crippen LogP contribution in [-0.2, 0) is 28.6 Å². The quantitative estimate of drug-likeness (QED) is 0.490. The largest absolute Gasteiger partial charge is 0.481 e. The first-order valence-electron chi connectivity index (χ1n) is 10.6. The molecular weight excluding hydrogens is 423 g/mol. The fraction of sp³-hybridized carbons (Fsp3) is 0.435. The first-order valence-corrected chi connectivity index (χ1v) is 10.6. The number of hydrogen-bond donors (Lipinski definition) is 3. The van der Waals surface area contributed by atoms with Crippen molar-refractivity contribution < 1.29 is 27.9 Å². The second-order valence-corrected chi connectivity index (χ2v) is 7.89. The number of carboxylic acids is 1. The van der Waals surface area contributed by atoms with Gasteiger partial charge in [-0.3, -0.25) is 9.59 Å². The molecule has 0 saturated heterocycles. The monoisotopic (exact) mass is 449 g/mol. The van der Waals surface area contributed by atoms with Crippen LogP contribution in [0.2, 0.25) is 0 Å². The van der Waals surface area contributed by atoms with Crippen LogP contribution in [0.1, 0.15) is 60.5 Å². The van der Waals surface area contributed by atoms with Crippen LogP contribution in [0.3, 0.4) is 0 Å². The minimum Gasteiger partial charge on any atom is -0.481 e. The van der Waals surface area contributed by atoms with E-state index >= 15 is 0 Å². The first kappa shape index (κ1) is 23.6. The van der Waals surface area contributed by atoms with Crippen molar-refractivity contribution in [1.29, 1.82) is 0 Å². The van der Waals surface area contributed by atoms with Crippen molar-refractivity contribution in [2.45, 2.75) is 57.2 Å². The van der Waals surface area contributed by atoms with E-state index in [0.29, 0.717) is 19.3 Å². The molecule has 3 N–H and O–H groups in total. The van der Waals surface area contributed by atoms with Gasteiger partial charge in [0.2, 0.25) is 5.91 Å². The zero-order chi connectivity index (χ0) is 23.1. The number of benzene rings is 1. The number of unbranched alkanes of at least 4 members (excludes halogenated alkanes) is 1. The van der Waals surface area contributed by atoms with Gasteiger partial charge in [-0.1, -0.05) is 18.2 Å². The molecule has 9 heteroatoms. The van der Waals surface area contributed by atoms with Gasteiger partial charge in [-0.2, -0.15) is 13.2 Å². The lowest BCUT2D eigenvalue weighted by atomic mass is 10.0.